The van der Waals surface area contributed by atoms with Gasteiger partial charge in [0.2, 0.25) is 0 Å². The van der Waals surface area contributed by atoms with Crippen molar-refractivity contribution >= 4 is 11.5 Å². The summed E-state index contributed by atoms with van der Waals surface area (Å²) in [6.07, 6.45) is 0. The number of hydrogen-bond acceptors (Lipinski definition) is 4. The van der Waals surface area contributed by atoms with E-state index in [1.165, 1.54) is 0 Å². The maximum atomic E-state index is 12.0. The first-order chi connectivity index (χ1) is 9.83. The highest BCUT2D eigenvalue weighted by molar-refractivity contribution is 5.98. The first-order valence-electron chi connectivity index (χ1n) is 6.55. The molecule has 2 aromatic carbocycles. The summed E-state index contributed by atoms with van der Waals surface area (Å²) in [5.41, 5.74) is 1.55. The van der Waals surface area contributed by atoms with Crippen LogP contribution in [0.1, 0.15) is 10.4 Å². The Bertz CT molecular complexity index is 610. The normalized spacial score (nSPS) is 12.8. The van der Waals surface area contributed by atoms with Crippen LogP contribution in [-0.4, -0.2) is 25.5 Å². The molecule has 0 atom stereocenters. The molecule has 20 heavy (non-hydrogen) atoms. The SMILES string of the molecule is O=C(CNc1ccc2c(c1)OCCO2)c1ccccc1. The summed E-state index contributed by atoms with van der Waals surface area (Å²) < 4.78 is 11.0. The van der Waals surface area contributed by atoms with Gasteiger partial charge in [-0.3, -0.25) is 4.79 Å². The lowest BCUT2D eigenvalue weighted by molar-refractivity contribution is 0.101. The Balaban J connectivity index is 1.65. The Kier molecular flexibility index (Phi) is 3.54. The van der Waals surface area contributed by atoms with E-state index in [1.807, 2.05) is 48.5 Å². The van der Waals surface area contributed by atoms with Gasteiger partial charge < -0.3 is 14.8 Å². The average Bonchev–Trinajstić information content (AvgIpc) is 2.53. The van der Waals surface area contributed by atoms with Crippen LogP contribution in [0.3, 0.4) is 0 Å². The zero-order chi connectivity index (χ0) is 13.8. The zero-order valence-corrected chi connectivity index (χ0v) is 11.0. The summed E-state index contributed by atoms with van der Waals surface area (Å²) in [7, 11) is 0. The lowest BCUT2D eigenvalue weighted by Crippen LogP contribution is -2.16. The van der Waals surface area contributed by atoms with E-state index in [1.54, 1.807) is 0 Å². The molecule has 0 spiro atoms. The van der Waals surface area contributed by atoms with Gasteiger partial charge >= 0.3 is 0 Å². The monoisotopic (exact) mass is 269 g/mol. The van der Waals surface area contributed by atoms with Gasteiger partial charge in [-0.15, -0.1) is 0 Å². The topological polar surface area (TPSA) is 47.6 Å². The number of anilines is 1. The van der Waals surface area contributed by atoms with Crippen molar-refractivity contribution in [2.24, 2.45) is 0 Å². The number of rotatable bonds is 4. The van der Waals surface area contributed by atoms with Gasteiger partial charge in [0.15, 0.2) is 17.3 Å². The molecule has 2 aromatic rings. The van der Waals surface area contributed by atoms with E-state index in [4.69, 9.17) is 9.47 Å². The molecule has 0 amide bonds. The van der Waals surface area contributed by atoms with Crippen LogP contribution in [-0.2, 0) is 0 Å². The number of carbonyl (C=O) groups is 1. The van der Waals surface area contributed by atoms with Gasteiger partial charge in [0, 0.05) is 17.3 Å². The highest BCUT2D eigenvalue weighted by Gasteiger charge is 2.12. The number of ketones is 1. The molecule has 0 saturated heterocycles. The fraction of sp³-hybridized carbons (Fsp3) is 0.188. The zero-order valence-electron chi connectivity index (χ0n) is 11.0. The fourth-order valence-corrected chi connectivity index (χ4v) is 2.06. The number of carbonyl (C=O) groups excluding carboxylic acids is 1. The second kappa shape index (κ2) is 5.65. The van der Waals surface area contributed by atoms with Crippen molar-refractivity contribution in [1.82, 2.24) is 0 Å². The summed E-state index contributed by atoms with van der Waals surface area (Å²) in [5.74, 6) is 1.52. The molecule has 102 valence electrons. The van der Waals surface area contributed by atoms with Crippen molar-refractivity contribution in [3.8, 4) is 11.5 Å². The third kappa shape index (κ3) is 2.74. The Morgan fingerprint density at radius 2 is 1.75 bits per heavy atom. The Morgan fingerprint density at radius 1 is 1.00 bits per heavy atom. The van der Waals surface area contributed by atoms with Crippen molar-refractivity contribution < 1.29 is 14.3 Å². The van der Waals surface area contributed by atoms with Gasteiger partial charge in [-0.2, -0.15) is 0 Å². The van der Waals surface area contributed by atoms with Crippen molar-refractivity contribution in [3.63, 3.8) is 0 Å². The van der Waals surface area contributed by atoms with Crippen molar-refractivity contribution in [2.45, 2.75) is 0 Å². The average molecular weight is 269 g/mol. The van der Waals surface area contributed by atoms with E-state index in [2.05, 4.69) is 5.32 Å². The number of Topliss-reactive ketones (excluding diaryl/α,β-unsaturated/α-hetero) is 1. The lowest BCUT2D eigenvalue weighted by Gasteiger charge is -2.19. The second-order valence-corrected chi connectivity index (χ2v) is 4.50. The van der Waals surface area contributed by atoms with E-state index >= 15 is 0 Å². The highest BCUT2D eigenvalue weighted by Crippen LogP contribution is 2.32. The first kappa shape index (κ1) is 12.5. The largest absolute Gasteiger partial charge is 0.486 e. The van der Waals surface area contributed by atoms with Gasteiger partial charge in [-0.05, 0) is 12.1 Å². The predicted octanol–water partition coefficient (Wildman–Crippen LogP) is 2.75. The van der Waals surface area contributed by atoms with Crippen molar-refractivity contribution in [2.75, 3.05) is 25.1 Å². The molecule has 4 nitrogen and oxygen atoms in total. The van der Waals surface area contributed by atoms with E-state index < -0.39 is 0 Å². The molecule has 1 heterocycles. The standard InChI is InChI=1S/C16H15NO3/c18-14(12-4-2-1-3-5-12)11-17-13-6-7-15-16(10-13)20-9-8-19-15/h1-7,10,17H,8-9,11H2. The lowest BCUT2D eigenvalue weighted by atomic mass is 10.1. The van der Waals surface area contributed by atoms with Crippen LogP contribution >= 0.6 is 0 Å². The van der Waals surface area contributed by atoms with Crippen molar-refractivity contribution in [3.05, 3.63) is 54.1 Å². The number of nitrogens with one attached hydrogen (secondary N) is 1. The molecule has 0 saturated carbocycles. The maximum absolute atomic E-state index is 12.0. The van der Waals surface area contributed by atoms with Crippen LogP contribution in [0.5, 0.6) is 11.5 Å². The number of hydrogen-bond donors (Lipinski definition) is 1. The molecule has 1 aliphatic heterocycles. The third-order valence-electron chi connectivity index (χ3n) is 3.09. The molecule has 3 rings (SSSR count). The minimum Gasteiger partial charge on any atom is -0.486 e. The Hall–Kier alpha value is -2.49. The maximum Gasteiger partial charge on any atom is 0.181 e. The van der Waals surface area contributed by atoms with Gasteiger partial charge in [0.05, 0.1) is 6.54 Å². The van der Waals surface area contributed by atoms with Gasteiger partial charge in [-0.1, -0.05) is 30.3 Å². The quantitative estimate of drug-likeness (QED) is 0.867. The van der Waals surface area contributed by atoms with Crippen molar-refractivity contribution in [1.29, 1.82) is 0 Å². The van der Waals surface area contributed by atoms with E-state index in [0.717, 1.165) is 11.4 Å². The summed E-state index contributed by atoms with van der Waals surface area (Å²) in [6, 6.07) is 14.8. The fourth-order valence-electron chi connectivity index (χ4n) is 2.06. The molecule has 0 aromatic heterocycles. The van der Waals surface area contributed by atoms with Gasteiger partial charge in [0.1, 0.15) is 13.2 Å². The molecule has 0 fully saturated rings. The first-order valence-corrected chi connectivity index (χ1v) is 6.55. The number of benzene rings is 2. The second-order valence-electron chi connectivity index (χ2n) is 4.50. The molecule has 1 aliphatic rings. The molecule has 0 radical (unpaired) electrons. The summed E-state index contributed by atoms with van der Waals surface area (Å²) in [4.78, 5) is 12.0. The van der Waals surface area contributed by atoms with Crippen LogP contribution in [0.4, 0.5) is 5.69 Å². The molecule has 1 N–H and O–H groups in total. The van der Waals surface area contributed by atoms with Crippen LogP contribution in [0.25, 0.3) is 0 Å². The smallest absolute Gasteiger partial charge is 0.181 e. The number of ether oxygens (including phenoxy) is 2. The molecular weight excluding hydrogens is 254 g/mol. The van der Waals surface area contributed by atoms with E-state index in [-0.39, 0.29) is 12.3 Å². The summed E-state index contributed by atoms with van der Waals surface area (Å²) in [5, 5.41) is 3.11. The molecule has 0 unspecified atom stereocenters. The van der Waals surface area contributed by atoms with Crippen LogP contribution in [0.15, 0.2) is 48.5 Å². The summed E-state index contributed by atoms with van der Waals surface area (Å²) in [6.45, 7) is 1.38. The van der Waals surface area contributed by atoms with E-state index in [0.29, 0.717) is 24.5 Å². The minimum atomic E-state index is 0.0560. The summed E-state index contributed by atoms with van der Waals surface area (Å²) >= 11 is 0. The van der Waals surface area contributed by atoms with Gasteiger partial charge in [-0.25, -0.2) is 0 Å². The predicted molar refractivity (Wildman–Crippen MR) is 76.7 cm³/mol. The van der Waals surface area contributed by atoms with Crippen LogP contribution < -0.4 is 14.8 Å². The third-order valence-corrected chi connectivity index (χ3v) is 3.09. The molecule has 0 aliphatic carbocycles. The van der Waals surface area contributed by atoms with Crippen LogP contribution in [0.2, 0.25) is 0 Å². The Morgan fingerprint density at radius 3 is 2.55 bits per heavy atom. The number of fused-ring (bicyclic) bond motifs is 1. The van der Waals surface area contributed by atoms with E-state index in [9.17, 15) is 4.79 Å². The highest BCUT2D eigenvalue weighted by atomic mass is 16.6. The Labute approximate surface area is 117 Å². The molecule has 0 bridgehead atoms. The van der Waals surface area contributed by atoms with Gasteiger partial charge in [0.25, 0.3) is 0 Å². The molecular formula is C16H15NO3. The molecule has 4 heteroatoms. The minimum absolute atomic E-state index is 0.0560. The van der Waals surface area contributed by atoms with Crippen LogP contribution in [0, 0.1) is 0 Å².